The van der Waals surface area contributed by atoms with Gasteiger partial charge in [0.25, 0.3) is 0 Å². The quantitative estimate of drug-likeness (QED) is 0.402. The fourth-order valence-corrected chi connectivity index (χ4v) is 2.46. The van der Waals surface area contributed by atoms with E-state index in [0.29, 0.717) is 6.42 Å². The summed E-state index contributed by atoms with van der Waals surface area (Å²) >= 11 is 0. The van der Waals surface area contributed by atoms with E-state index in [9.17, 15) is 4.79 Å². The standard InChI is InChI=1S/C16H27N3O/c1-2-3-10-13-16(18-19-16)14-11-8-6-4-5-7-9-12-15(17)20/h1H,3-14H2,(H2,17,20). The zero-order chi connectivity index (χ0) is 14.7. The number of hydrogen-bond donors (Lipinski definition) is 1. The van der Waals surface area contributed by atoms with Crippen LogP contribution in [0.1, 0.15) is 77.0 Å². The number of carbonyl (C=O) groups excluding carboxylic acids is 1. The lowest BCUT2D eigenvalue weighted by Crippen LogP contribution is -2.10. The van der Waals surface area contributed by atoms with Crippen LogP contribution in [0.15, 0.2) is 10.2 Å². The van der Waals surface area contributed by atoms with E-state index < -0.39 is 0 Å². The van der Waals surface area contributed by atoms with E-state index in [-0.39, 0.29) is 11.6 Å². The van der Waals surface area contributed by atoms with Gasteiger partial charge in [0.1, 0.15) is 0 Å². The molecule has 0 aromatic rings. The SMILES string of the molecule is C#CCCCC1(CCCCCCCCCC(N)=O)N=N1. The molecule has 0 fully saturated rings. The van der Waals surface area contributed by atoms with E-state index in [1.807, 2.05) is 0 Å². The summed E-state index contributed by atoms with van der Waals surface area (Å²) in [4.78, 5) is 10.6. The van der Waals surface area contributed by atoms with Gasteiger partial charge in [0.05, 0.1) is 0 Å². The maximum absolute atomic E-state index is 10.6. The molecular formula is C16H27N3O. The molecule has 4 heteroatoms. The minimum Gasteiger partial charge on any atom is -0.370 e. The number of primary amides is 1. The van der Waals surface area contributed by atoms with Crippen LogP contribution >= 0.6 is 0 Å². The van der Waals surface area contributed by atoms with Crippen molar-refractivity contribution in [3.63, 3.8) is 0 Å². The van der Waals surface area contributed by atoms with E-state index in [1.165, 1.54) is 32.1 Å². The zero-order valence-electron chi connectivity index (χ0n) is 12.4. The number of amides is 1. The molecule has 0 aromatic carbocycles. The molecule has 4 nitrogen and oxygen atoms in total. The summed E-state index contributed by atoms with van der Waals surface area (Å²) in [5.74, 6) is 2.48. The normalized spacial score (nSPS) is 14.9. The number of nitrogens with zero attached hydrogens (tertiary/aromatic N) is 2. The Hall–Kier alpha value is -1.37. The third kappa shape index (κ3) is 7.93. The molecule has 0 aromatic heterocycles. The predicted molar refractivity (Wildman–Crippen MR) is 81.0 cm³/mol. The first-order valence-corrected chi connectivity index (χ1v) is 7.84. The molecule has 0 radical (unpaired) electrons. The van der Waals surface area contributed by atoms with Gasteiger partial charge in [-0.1, -0.05) is 32.1 Å². The summed E-state index contributed by atoms with van der Waals surface area (Å²) in [6, 6.07) is 0. The second-order valence-corrected chi connectivity index (χ2v) is 5.68. The first-order valence-electron chi connectivity index (χ1n) is 7.84. The second-order valence-electron chi connectivity index (χ2n) is 5.68. The van der Waals surface area contributed by atoms with Crippen molar-refractivity contribution in [2.24, 2.45) is 16.0 Å². The number of terminal acetylenes is 1. The van der Waals surface area contributed by atoms with Crippen LogP contribution in [0, 0.1) is 12.3 Å². The van der Waals surface area contributed by atoms with Gasteiger partial charge in [0, 0.05) is 12.8 Å². The van der Waals surface area contributed by atoms with Crippen LogP contribution in [0.5, 0.6) is 0 Å². The van der Waals surface area contributed by atoms with Crippen molar-refractivity contribution in [1.82, 2.24) is 0 Å². The van der Waals surface area contributed by atoms with Crippen LogP contribution in [0.4, 0.5) is 0 Å². The number of carbonyl (C=O) groups is 1. The smallest absolute Gasteiger partial charge is 0.217 e. The summed E-state index contributed by atoms with van der Waals surface area (Å²) < 4.78 is 0. The third-order valence-corrected chi connectivity index (χ3v) is 3.78. The topological polar surface area (TPSA) is 67.8 Å². The minimum atomic E-state index is -0.183. The van der Waals surface area contributed by atoms with Crippen LogP contribution < -0.4 is 5.73 Å². The predicted octanol–water partition coefficient (Wildman–Crippen LogP) is 3.95. The van der Waals surface area contributed by atoms with Crippen LogP contribution in [0.2, 0.25) is 0 Å². The monoisotopic (exact) mass is 277 g/mol. The fourth-order valence-electron chi connectivity index (χ4n) is 2.46. The first-order chi connectivity index (χ1) is 9.68. The molecule has 1 heterocycles. The van der Waals surface area contributed by atoms with E-state index >= 15 is 0 Å². The van der Waals surface area contributed by atoms with Crippen molar-refractivity contribution in [2.75, 3.05) is 0 Å². The molecule has 1 aliphatic heterocycles. The van der Waals surface area contributed by atoms with E-state index in [0.717, 1.165) is 38.5 Å². The molecule has 0 bridgehead atoms. The summed E-state index contributed by atoms with van der Waals surface area (Å²) in [5, 5.41) is 8.39. The van der Waals surface area contributed by atoms with Crippen LogP contribution in [0.25, 0.3) is 0 Å². The maximum atomic E-state index is 10.6. The highest BCUT2D eigenvalue weighted by Crippen LogP contribution is 2.38. The molecule has 112 valence electrons. The molecule has 1 rings (SSSR count). The number of rotatable bonds is 13. The van der Waals surface area contributed by atoms with Crippen LogP contribution in [-0.4, -0.2) is 11.6 Å². The lowest BCUT2D eigenvalue weighted by Gasteiger charge is -2.09. The molecule has 0 spiro atoms. The fraction of sp³-hybridized carbons (Fsp3) is 0.812. The molecule has 1 aliphatic rings. The highest BCUT2D eigenvalue weighted by atomic mass is 16.1. The average Bonchev–Trinajstić information content (AvgIpc) is 3.17. The van der Waals surface area contributed by atoms with E-state index in [2.05, 4.69) is 16.1 Å². The number of unbranched alkanes of at least 4 members (excludes halogenated alkanes) is 7. The molecule has 0 aliphatic carbocycles. The molecule has 0 atom stereocenters. The Kier molecular flexibility index (Phi) is 7.94. The van der Waals surface area contributed by atoms with Crippen LogP contribution in [-0.2, 0) is 4.79 Å². The van der Waals surface area contributed by atoms with Crippen molar-refractivity contribution in [3.05, 3.63) is 0 Å². The van der Waals surface area contributed by atoms with Gasteiger partial charge in [-0.05, 0) is 32.1 Å². The Balaban J connectivity index is 1.85. The minimum absolute atomic E-state index is 0.0572. The second kappa shape index (κ2) is 9.52. The summed E-state index contributed by atoms with van der Waals surface area (Å²) in [6.45, 7) is 0. The Labute approximate surface area is 122 Å². The first kappa shape index (κ1) is 16.7. The van der Waals surface area contributed by atoms with Gasteiger partial charge in [-0.2, -0.15) is 10.2 Å². The summed E-state index contributed by atoms with van der Waals surface area (Å²) in [7, 11) is 0. The van der Waals surface area contributed by atoms with Gasteiger partial charge in [-0.25, -0.2) is 0 Å². The highest BCUT2D eigenvalue weighted by molar-refractivity contribution is 5.73. The summed E-state index contributed by atoms with van der Waals surface area (Å²) in [5.41, 5.74) is 5.04. The van der Waals surface area contributed by atoms with Gasteiger partial charge in [0.15, 0.2) is 5.66 Å². The van der Waals surface area contributed by atoms with Crippen molar-refractivity contribution in [3.8, 4) is 12.3 Å². The molecule has 0 unspecified atom stereocenters. The molecule has 2 N–H and O–H groups in total. The molecule has 0 saturated carbocycles. The Morgan fingerprint density at radius 3 is 2.05 bits per heavy atom. The van der Waals surface area contributed by atoms with Crippen molar-refractivity contribution in [2.45, 2.75) is 82.7 Å². The van der Waals surface area contributed by atoms with Gasteiger partial charge in [0.2, 0.25) is 5.91 Å². The molecule has 20 heavy (non-hydrogen) atoms. The van der Waals surface area contributed by atoms with Crippen LogP contribution in [0.3, 0.4) is 0 Å². The van der Waals surface area contributed by atoms with Gasteiger partial charge in [-0.15, -0.1) is 12.3 Å². The van der Waals surface area contributed by atoms with Crippen molar-refractivity contribution in [1.29, 1.82) is 0 Å². The lowest BCUT2D eigenvalue weighted by molar-refractivity contribution is -0.118. The van der Waals surface area contributed by atoms with E-state index in [4.69, 9.17) is 12.2 Å². The Morgan fingerprint density at radius 2 is 1.50 bits per heavy atom. The summed E-state index contributed by atoms with van der Waals surface area (Å²) in [6.07, 6.45) is 18.0. The third-order valence-electron chi connectivity index (χ3n) is 3.78. The van der Waals surface area contributed by atoms with Crippen molar-refractivity contribution < 1.29 is 4.79 Å². The number of hydrogen-bond acceptors (Lipinski definition) is 3. The van der Waals surface area contributed by atoms with Gasteiger partial charge >= 0.3 is 0 Å². The van der Waals surface area contributed by atoms with Gasteiger partial charge in [-0.3, -0.25) is 4.79 Å². The van der Waals surface area contributed by atoms with E-state index in [1.54, 1.807) is 0 Å². The molecule has 0 saturated heterocycles. The largest absolute Gasteiger partial charge is 0.370 e. The zero-order valence-corrected chi connectivity index (χ0v) is 12.4. The van der Waals surface area contributed by atoms with Crippen molar-refractivity contribution >= 4 is 5.91 Å². The molecule has 1 amide bonds. The Morgan fingerprint density at radius 1 is 0.950 bits per heavy atom. The highest BCUT2D eigenvalue weighted by Gasteiger charge is 2.38. The maximum Gasteiger partial charge on any atom is 0.217 e. The Bertz CT molecular complexity index is 351. The molecular weight excluding hydrogens is 250 g/mol. The average molecular weight is 277 g/mol. The lowest BCUT2D eigenvalue weighted by atomic mass is 9.98. The van der Waals surface area contributed by atoms with Gasteiger partial charge < -0.3 is 5.73 Å². The number of nitrogens with two attached hydrogens (primary N) is 1.